The van der Waals surface area contributed by atoms with E-state index in [0.717, 1.165) is 83.5 Å². The lowest BCUT2D eigenvalue weighted by Crippen LogP contribution is -2.47. The van der Waals surface area contributed by atoms with Gasteiger partial charge in [-0.3, -0.25) is 38.4 Å². The van der Waals surface area contributed by atoms with Gasteiger partial charge in [-0.2, -0.15) is 14.6 Å². The van der Waals surface area contributed by atoms with E-state index in [4.69, 9.17) is 14.6 Å². The van der Waals surface area contributed by atoms with E-state index in [-0.39, 0.29) is 54.4 Å². The minimum Gasteiger partial charge on any atom is -0.378 e. The van der Waals surface area contributed by atoms with Crippen molar-refractivity contribution in [2.75, 3.05) is 51.3 Å². The van der Waals surface area contributed by atoms with Gasteiger partial charge in [0.15, 0.2) is 5.65 Å². The molecule has 5 fully saturated rings. The fourth-order valence-corrected chi connectivity index (χ4v) is 10.1. The van der Waals surface area contributed by atoms with Gasteiger partial charge in [0, 0.05) is 64.0 Å². The summed E-state index contributed by atoms with van der Waals surface area (Å²) in [5, 5.41) is 15.5. The quantitative estimate of drug-likeness (QED) is 0.165. The number of ether oxygens (including phenoxy) is 1. The number of rotatable bonds is 9. The SMILES string of the molecule is Cn1c(=O)n(C2CCC(=O)NC2=O)c2cccc(C#CCON3CCN(CC4CCC(n5cc(NC(=O)c6cnn7ccc(C8C[C@H]9C[C@@H]8CO9)nc67)c(F)n5)CC4)CC3)c21. The van der Waals surface area contributed by atoms with Gasteiger partial charge >= 0.3 is 5.69 Å². The molecule has 2 unspecified atom stereocenters. The normalized spacial score (nSPS) is 25.9. The molecule has 17 nitrogen and oxygen atoms in total. The minimum absolute atomic E-state index is 0.0463. The van der Waals surface area contributed by atoms with Crippen LogP contribution in [0.3, 0.4) is 0 Å². The largest absolute Gasteiger partial charge is 0.378 e. The molecule has 5 aliphatic rings. The number of anilines is 1. The van der Waals surface area contributed by atoms with Crippen LogP contribution < -0.4 is 16.3 Å². The molecule has 0 radical (unpaired) electrons. The summed E-state index contributed by atoms with van der Waals surface area (Å²) in [4.78, 5) is 64.2. The maximum Gasteiger partial charge on any atom is 0.329 e. The van der Waals surface area contributed by atoms with Crippen LogP contribution in [-0.2, 0) is 26.2 Å². The third-order valence-electron chi connectivity index (χ3n) is 13.4. The summed E-state index contributed by atoms with van der Waals surface area (Å²) in [7, 11) is 1.66. The van der Waals surface area contributed by atoms with Crippen molar-refractivity contribution in [2.45, 2.75) is 75.5 Å². The van der Waals surface area contributed by atoms with Crippen molar-refractivity contribution >= 4 is 40.1 Å². The average Bonchev–Trinajstić information content (AvgIpc) is 4.11. The number of hydrogen-bond donors (Lipinski definition) is 2. The van der Waals surface area contributed by atoms with Crippen LogP contribution in [0.1, 0.15) is 91.0 Å². The Morgan fingerprint density at radius 2 is 1.90 bits per heavy atom. The highest BCUT2D eigenvalue weighted by Gasteiger charge is 2.42. The first-order valence-corrected chi connectivity index (χ1v) is 21.3. The Morgan fingerprint density at radius 1 is 1.07 bits per heavy atom. The second-order valence-corrected chi connectivity index (χ2v) is 17.1. The first-order valence-electron chi connectivity index (χ1n) is 21.3. The number of amides is 3. The summed E-state index contributed by atoms with van der Waals surface area (Å²) in [6.45, 7) is 5.17. The number of carbonyl (C=O) groups excluding carboxylic acids is 3. The monoisotopic (exact) mass is 833 g/mol. The lowest BCUT2D eigenvalue weighted by Gasteiger charge is -2.37. The minimum atomic E-state index is -0.755. The molecule has 3 saturated heterocycles. The Bertz CT molecular complexity index is 2640. The van der Waals surface area contributed by atoms with Crippen molar-refractivity contribution in [3.8, 4) is 11.8 Å². The van der Waals surface area contributed by atoms with E-state index in [1.54, 1.807) is 28.5 Å². The Kier molecular flexibility index (Phi) is 10.5. The number of piperazine rings is 1. The molecule has 10 rings (SSSR count). The molecule has 0 spiro atoms. The van der Waals surface area contributed by atoms with E-state index >= 15 is 4.39 Å². The number of hydroxylamine groups is 2. The number of para-hydroxylation sites is 1. The van der Waals surface area contributed by atoms with Crippen LogP contribution >= 0.6 is 0 Å². The number of fused-ring (bicyclic) bond motifs is 4. The zero-order valence-electron chi connectivity index (χ0n) is 34.0. The molecule has 61 heavy (non-hydrogen) atoms. The first kappa shape index (κ1) is 39.4. The molecule has 4 aromatic heterocycles. The van der Waals surface area contributed by atoms with Gasteiger partial charge in [-0.25, -0.2) is 14.3 Å². The van der Waals surface area contributed by atoms with Crippen molar-refractivity contribution in [2.24, 2.45) is 18.9 Å². The molecular formula is C43H48FN11O6. The first-order chi connectivity index (χ1) is 29.7. The molecule has 2 bridgehead atoms. The highest BCUT2D eigenvalue weighted by atomic mass is 19.1. The molecule has 2 N–H and O–H groups in total. The van der Waals surface area contributed by atoms with Gasteiger partial charge in [0.05, 0.1) is 47.7 Å². The molecule has 3 aliphatic heterocycles. The van der Waals surface area contributed by atoms with E-state index in [9.17, 15) is 19.2 Å². The smallest absolute Gasteiger partial charge is 0.329 e. The van der Waals surface area contributed by atoms with Gasteiger partial charge in [0.1, 0.15) is 23.9 Å². The fourth-order valence-electron chi connectivity index (χ4n) is 10.1. The predicted molar refractivity (Wildman–Crippen MR) is 219 cm³/mol. The Hall–Kier alpha value is -5.74. The van der Waals surface area contributed by atoms with E-state index in [1.165, 1.54) is 15.3 Å². The average molecular weight is 834 g/mol. The standard InChI is InChI=1S/C43H48FN11O6/c1-50-38-27(4-2-6-35(38)55(43(50)59)36-11-12-37(56)48-42(36)58)5-3-19-61-52-17-15-51(16-18-52)23-26-7-9-29(10-8-26)54-24-34(39(44)49-54)47-41(57)32-22-45-53-14-13-33(46-40(32)53)31-21-30-20-28(31)25-60-30/h2,4,6,13-14,22,24,26,28-31,36H,7-12,15-21,23,25H2,1H3,(H,47,57)(H,48,56,58)/t26?,28-,29?,30-,31?,36?/m1/s1. The molecular weight excluding hydrogens is 786 g/mol. The van der Waals surface area contributed by atoms with Gasteiger partial charge in [-0.05, 0) is 75.0 Å². The lowest BCUT2D eigenvalue weighted by atomic mass is 9.85. The zero-order valence-corrected chi connectivity index (χ0v) is 34.0. The van der Waals surface area contributed by atoms with E-state index in [2.05, 4.69) is 37.6 Å². The molecule has 4 atom stereocenters. The molecule has 18 heteroatoms. The van der Waals surface area contributed by atoms with Crippen LogP contribution in [0.5, 0.6) is 0 Å². The highest BCUT2D eigenvalue weighted by Crippen LogP contribution is 2.45. The van der Waals surface area contributed by atoms with Gasteiger partial charge in [0.2, 0.25) is 11.8 Å². The summed E-state index contributed by atoms with van der Waals surface area (Å²) >= 11 is 0. The Morgan fingerprint density at radius 3 is 2.67 bits per heavy atom. The fraction of sp³-hybridized carbons (Fsp3) is 0.512. The van der Waals surface area contributed by atoms with Crippen LogP contribution in [0.2, 0.25) is 0 Å². The van der Waals surface area contributed by atoms with Crippen molar-refractivity contribution in [1.29, 1.82) is 0 Å². The van der Waals surface area contributed by atoms with Crippen LogP contribution in [0.4, 0.5) is 10.1 Å². The summed E-state index contributed by atoms with van der Waals surface area (Å²) in [5.74, 6) is 5.53. The second kappa shape index (κ2) is 16.3. The molecule has 7 heterocycles. The number of carbonyl (C=O) groups is 3. The number of halogens is 1. The van der Waals surface area contributed by atoms with Crippen molar-refractivity contribution in [1.82, 2.24) is 48.8 Å². The number of piperidine rings is 1. The van der Waals surface area contributed by atoms with Gasteiger partial charge in [-0.15, -0.1) is 5.10 Å². The predicted octanol–water partition coefficient (Wildman–Crippen LogP) is 3.17. The van der Waals surface area contributed by atoms with Crippen LogP contribution in [-0.4, -0.2) is 113 Å². The molecule has 5 aromatic rings. The lowest BCUT2D eigenvalue weighted by molar-refractivity contribution is -0.166. The third-order valence-corrected chi connectivity index (χ3v) is 13.4. The number of aryl methyl sites for hydroxylation is 1. The number of imide groups is 1. The topological polar surface area (TPSA) is 175 Å². The zero-order chi connectivity index (χ0) is 41.8. The van der Waals surface area contributed by atoms with Gasteiger partial charge in [-0.1, -0.05) is 17.9 Å². The number of imidazole rings is 1. The maximum absolute atomic E-state index is 15.1. The van der Waals surface area contributed by atoms with Crippen LogP contribution in [0.25, 0.3) is 16.7 Å². The van der Waals surface area contributed by atoms with Crippen molar-refractivity contribution in [3.05, 3.63) is 76.1 Å². The molecule has 2 saturated carbocycles. The highest BCUT2D eigenvalue weighted by molar-refractivity contribution is 6.08. The molecule has 318 valence electrons. The van der Waals surface area contributed by atoms with Crippen LogP contribution in [0.15, 0.2) is 47.7 Å². The summed E-state index contributed by atoms with van der Waals surface area (Å²) in [6.07, 6.45) is 11.4. The summed E-state index contributed by atoms with van der Waals surface area (Å²) in [5.41, 5.74) is 3.27. The van der Waals surface area contributed by atoms with Gasteiger partial charge < -0.3 is 15.0 Å². The number of nitrogens with zero attached hydrogens (tertiary/aromatic N) is 9. The number of nitrogens with one attached hydrogen (secondary N) is 2. The summed E-state index contributed by atoms with van der Waals surface area (Å²) in [6, 6.07) is 6.70. The van der Waals surface area contributed by atoms with E-state index in [0.29, 0.717) is 40.0 Å². The molecule has 1 aromatic carbocycles. The number of aromatic nitrogens is 7. The molecule has 3 amide bonds. The van der Waals surface area contributed by atoms with Crippen LogP contribution in [0, 0.1) is 29.6 Å². The maximum atomic E-state index is 15.1. The number of hydrogen-bond acceptors (Lipinski definition) is 11. The second-order valence-electron chi connectivity index (χ2n) is 17.1. The molecule has 2 aliphatic carbocycles. The summed E-state index contributed by atoms with van der Waals surface area (Å²) < 4.78 is 27.1. The Labute approximate surface area is 350 Å². The van der Waals surface area contributed by atoms with Crippen molar-refractivity contribution in [3.63, 3.8) is 0 Å². The third kappa shape index (κ3) is 7.64. The van der Waals surface area contributed by atoms with E-state index in [1.807, 2.05) is 29.5 Å². The Balaban J connectivity index is 0.683. The van der Waals surface area contributed by atoms with E-state index < -0.39 is 23.8 Å². The van der Waals surface area contributed by atoms with Crippen molar-refractivity contribution < 1.29 is 28.3 Å². The van der Waals surface area contributed by atoms with Gasteiger partial charge in [0.25, 0.3) is 11.9 Å². The number of benzene rings is 1.